The highest BCUT2D eigenvalue weighted by Gasteiger charge is 2.53. The van der Waals surface area contributed by atoms with Gasteiger partial charge in [-0.1, -0.05) is 44.9 Å². The number of aliphatic hydroxyl groups excluding tert-OH is 1. The van der Waals surface area contributed by atoms with Crippen LogP contribution < -0.4 is 19.9 Å². The van der Waals surface area contributed by atoms with E-state index >= 15 is 0 Å². The first-order valence-electron chi connectivity index (χ1n) is 13.3. The fourth-order valence-corrected chi connectivity index (χ4v) is 5.62. The van der Waals surface area contributed by atoms with Crippen LogP contribution in [-0.4, -0.2) is 59.7 Å². The molecule has 1 aliphatic rings. The van der Waals surface area contributed by atoms with Crippen LogP contribution in [-0.2, 0) is 23.4 Å². The average molecular weight is 581 g/mol. The summed E-state index contributed by atoms with van der Waals surface area (Å²) in [6.45, 7) is 5.19. The Morgan fingerprint density at radius 2 is 1.93 bits per heavy atom. The summed E-state index contributed by atoms with van der Waals surface area (Å²) in [6, 6.07) is 10.4. The predicted molar refractivity (Wildman–Crippen MR) is 144 cm³/mol. The molecule has 0 radical (unpaired) electrons. The van der Waals surface area contributed by atoms with E-state index in [1.807, 2.05) is 13.8 Å². The summed E-state index contributed by atoms with van der Waals surface area (Å²) in [5.74, 6) is -0.796. The van der Waals surface area contributed by atoms with Crippen molar-refractivity contribution in [3.05, 3.63) is 60.4 Å². The van der Waals surface area contributed by atoms with Crippen molar-refractivity contribution < 1.29 is 47.5 Å². The van der Waals surface area contributed by atoms with E-state index in [0.29, 0.717) is 0 Å². The maximum Gasteiger partial charge on any atom is 0.459 e. The summed E-state index contributed by atoms with van der Waals surface area (Å²) in [4.78, 5) is 24.1. The number of nitrogens with one attached hydrogen (secondary N) is 1. The smallest absolute Gasteiger partial charge is 0.459 e. The van der Waals surface area contributed by atoms with Crippen molar-refractivity contribution in [2.75, 3.05) is 19.8 Å². The Balaban J connectivity index is 1.66. The molecule has 1 aromatic carbocycles. The van der Waals surface area contributed by atoms with E-state index in [-0.39, 0.29) is 43.5 Å². The number of carbonyl (C=O) groups is 2. The SMILES string of the molecule is CCC(CC)COC(=O)[C@H](C)NP(=O)(OCCC1(O)CO[C@@H]([n+]2cccc(C(N)=O)c2)C1O)Oc1ccccc1. The third-order valence-corrected chi connectivity index (χ3v) is 8.49. The number of benzene rings is 1. The number of nitrogens with two attached hydrogens (primary N) is 1. The van der Waals surface area contributed by atoms with Crippen molar-refractivity contribution in [2.24, 2.45) is 11.7 Å². The van der Waals surface area contributed by atoms with Crippen LogP contribution >= 0.6 is 7.75 Å². The van der Waals surface area contributed by atoms with Crippen molar-refractivity contribution in [2.45, 2.75) is 64.0 Å². The number of ether oxygens (including phenoxy) is 2. The molecule has 1 saturated heterocycles. The summed E-state index contributed by atoms with van der Waals surface area (Å²) < 4.78 is 37.4. The van der Waals surface area contributed by atoms with E-state index in [1.165, 1.54) is 23.8 Å². The van der Waals surface area contributed by atoms with Crippen LogP contribution in [0.5, 0.6) is 5.75 Å². The third kappa shape index (κ3) is 8.33. The summed E-state index contributed by atoms with van der Waals surface area (Å²) in [6.07, 6.45) is 2.10. The molecule has 1 fully saturated rings. The molecule has 5 N–H and O–H groups in total. The van der Waals surface area contributed by atoms with Gasteiger partial charge in [-0.05, 0) is 31.0 Å². The molecule has 3 rings (SSSR count). The zero-order valence-electron chi connectivity index (χ0n) is 23.0. The molecule has 2 heterocycles. The number of pyridine rings is 1. The second kappa shape index (κ2) is 14.2. The Morgan fingerprint density at radius 1 is 1.23 bits per heavy atom. The molecule has 5 atom stereocenters. The molecule has 2 aromatic rings. The molecule has 40 heavy (non-hydrogen) atoms. The molecule has 0 spiro atoms. The number of hydrogen-bond donors (Lipinski definition) is 4. The standard InChI is InChI=1S/C27H38N3O9P/c1-4-20(5-2)17-36-26(33)19(3)29-40(35,39-22-11-7-6-8-12-22)38-15-13-27(34)18-37-25(23(27)31)30-14-9-10-21(16-30)24(28)32/h6-12,14,16,19-20,23,25,31,34H,4-5,13,15,17-18H2,1-3H3,(H2-,28,29,32,35)/p+1/t19-,23?,25+,27?,40?/m0/s1. The maximum atomic E-state index is 13.7. The van der Waals surface area contributed by atoms with Gasteiger partial charge in [-0.15, -0.1) is 0 Å². The van der Waals surface area contributed by atoms with Gasteiger partial charge in [0.15, 0.2) is 18.5 Å². The third-order valence-electron chi connectivity index (χ3n) is 6.81. The van der Waals surface area contributed by atoms with E-state index in [0.717, 1.165) is 12.8 Å². The lowest BCUT2D eigenvalue weighted by Gasteiger charge is -2.27. The summed E-state index contributed by atoms with van der Waals surface area (Å²) in [5, 5.41) is 24.6. The summed E-state index contributed by atoms with van der Waals surface area (Å²) in [7, 11) is -4.15. The van der Waals surface area contributed by atoms with Crippen molar-refractivity contribution >= 4 is 19.6 Å². The molecule has 3 unspecified atom stereocenters. The monoisotopic (exact) mass is 580 g/mol. The highest BCUT2D eigenvalue weighted by Crippen LogP contribution is 2.45. The quantitative estimate of drug-likeness (QED) is 0.139. The van der Waals surface area contributed by atoms with E-state index < -0.39 is 43.6 Å². The van der Waals surface area contributed by atoms with Gasteiger partial charge in [-0.2, -0.15) is 9.65 Å². The topological polar surface area (TPSA) is 171 Å². The number of esters is 1. The molecule has 0 saturated carbocycles. The number of hydrogen-bond acceptors (Lipinski definition) is 9. The molecule has 0 bridgehead atoms. The van der Waals surface area contributed by atoms with Crippen LogP contribution in [0.3, 0.4) is 0 Å². The molecule has 220 valence electrons. The van der Waals surface area contributed by atoms with Crippen molar-refractivity contribution in [3.63, 3.8) is 0 Å². The van der Waals surface area contributed by atoms with E-state index in [9.17, 15) is 24.4 Å². The lowest BCUT2D eigenvalue weighted by Crippen LogP contribution is -2.51. The molecule has 12 nitrogen and oxygen atoms in total. The lowest BCUT2D eigenvalue weighted by atomic mass is 9.95. The summed E-state index contributed by atoms with van der Waals surface area (Å²) >= 11 is 0. The fourth-order valence-electron chi connectivity index (χ4n) is 4.13. The number of primary amides is 1. The minimum Gasteiger partial charge on any atom is -0.464 e. The number of aliphatic hydroxyl groups is 2. The molecule has 1 amide bonds. The van der Waals surface area contributed by atoms with Crippen LogP contribution in [0.1, 0.15) is 56.6 Å². The maximum absolute atomic E-state index is 13.7. The predicted octanol–water partition coefficient (Wildman–Crippen LogP) is 2.25. The number of amides is 1. The Morgan fingerprint density at radius 3 is 2.58 bits per heavy atom. The van der Waals surface area contributed by atoms with E-state index in [2.05, 4.69) is 5.09 Å². The van der Waals surface area contributed by atoms with E-state index in [1.54, 1.807) is 42.6 Å². The van der Waals surface area contributed by atoms with Gasteiger partial charge in [0.2, 0.25) is 0 Å². The second-order valence-corrected chi connectivity index (χ2v) is 11.5. The number of carbonyl (C=O) groups excluding carboxylic acids is 2. The van der Waals surface area contributed by atoms with Gasteiger partial charge in [-0.3, -0.25) is 14.1 Å². The first-order chi connectivity index (χ1) is 19.0. The van der Waals surface area contributed by atoms with Gasteiger partial charge >= 0.3 is 13.7 Å². The molecular weight excluding hydrogens is 541 g/mol. The lowest BCUT2D eigenvalue weighted by molar-refractivity contribution is -0.764. The minimum atomic E-state index is -4.15. The van der Waals surface area contributed by atoms with E-state index in [4.69, 9.17) is 24.3 Å². The molecule has 1 aliphatic heterocycles. The number of rotatable bonds is 15. The van der Waals surface area contributed by atoms with Crippen LogP contribution in [0, 0.1) is 5.92 Å². The van der Waals surface area contributed by atoms with Crippen LogP contribution in [0.4, 0.5) is 0 Å². The van der Waals surface area contributed by atoms with Gasteiger partial charge in [0, 0.05) is 12.5 Å². The fraction of sp³-hybridized carbons (Fsp3) is 0.519. The zero-order valence-corrected chi connectivity index (χ0v) is 23.9. The van der Waals surface area contributed by atoms with Gasteiger partial charge in [-0.25, -0.2) is 4.57 Å². The number of para-hydroxylation sites is 1. The van der Waals surface area contributed by atoms with Gasteiger partial charge in [0.25, 0.3) is 12.1 Å². The Kier molecular flexibility index (Phi) is 11.2. The first-order valence-corrected chi connectivity index (χ1v) is 14.8. The van der Waals surface area contributed by atoms with Crippen molar-refractivity contribution in [1.29, 1.82) is 0 Å². The zero-order chi connectivity index (χ0) is 29.3. The number of aromatic nitrogens is 1. The molecular formula is C27H39N3O9P+. The van der Waals surface area contributed by atoms with Crippen LogP contribution in [0.25, 0.3) is 0 Å². The number of nitrogens with zero attached hydrogens (tertiary/aromatic N) is 1. The average Bonchev–Trinajstić information content (AvgIpc) is 3.23. The van der Waals surface area contributed by atoms with Gasteiger partial charge < -0.3 is 29.9 Å². The van der Waals surface area contributed by atoms with Crippen molar-refractivity contribution in [3.8, 4) is 5.75 Å². The molecule has 13 heteroatoms. The molecule has 1 aromatic heterocycles. The minimum absolute atomic E-state index is 0.182. The largest absolute Gasteiger partial charge is 0.464 e. The van der Waals surface area contributed by atoms with Gasteiger partial charge in [0.1, 0.15) is 23.0 Å². The first kappa shape index (κ1) is 31.7. The van der Waals surface area contributed by atoms with Crippen LogP contribution in [0.2, 0.25) is 0 Å². The second-order valence-electron chi connectivity index (χ2n) is 9.80. The molecule has 0 aliphatic carbocycles. The highest BCUT2D eigenvalue weighted by atomic mass is 31.2. The van der Waals surface area contributed by atoms with Crippen LogP contribution in [0.15, 0.2) is 54.9 Å². The highest BCUT2D eigenvalue weighted by molar-refractivity contribution is 7.52. The van der Waals surface area contributed by atoms with Gasteiger partial charge in [0.05, 0.1) is 19.8 Å². The summed E-state index contributed by atoms with van der Waals surface area (Å²) in [5.41, 5.74) is 3.77. The van der Waals surface area contributed by atoms with Crippen molar-refractivity contribution in [1.82, 2.24) is 5.09 Å². The Hall–Kier alpha value is -2.86. The normalized spacial score (nSPS) is 22.9. The Bertz CT molecular complexity index is 1180. The Labute approximate surface area is 234 Å².